The zero-order valence-electron chi connectivity index (χ0n) is 13.4. The third-order valence-electron chi connectivity index (χ3n) is 5.32. The first-order valence-corrected chi connectivity index (χ1v) is 8.35. The molecule has 0 spiro atoms. The maximum atomic E-state index is 9.76. The van der Waals surface area contributed by atoms with Crippen LogP contribution in [-0.2, 0) is 9.47 Å². The van der Waals surface area contributed by atoms with Gasteiger partial charge in [0.1, 0.15) is 0 Å². The van der Waals surface area contributed by atoms with Crippen molar-refractivity contribution in [1.82, 2.24) is 0 Å². The van der Waals surface area contributed by atoms with Crippen molar-refractivity contribution in [3.63, 3.8) is 0 Å². The Kier molecular flexibility index (Phi) is 3.29. The van der Waals surface area contributed by atoms with Crippen LogP contribution < -0.4 is 9.47 Å². The van der Waals surface area contributed by atoms with Gasteiger partial charge in [-0.1, -0.05) is 12.1 Å². The highest BCUT2D eigenvalue weighted by Gasteiger charge is 2.48. The SMILES string of the molecule is Oc1ccc(C2OC[C@@H]3[C@@H](c4ccc5c(c4)OCO5)OC[C@H]23)cc1O. The highest BCUT2D eigenvalue weighted by atomic mass is 16.7. The average Bonchev–Trinajstić information content (AvgIpc) is 3.31. The van der Waals surface area contributed by atoms with E-state index in [1.54, 1.807) is 12.1 Å². The predicted octanol–water partition coefficient (Wildman–Crippen LogP) is 2.90. The van der Waals surface area contributed by atoms with E-state index in [1.165, 1.54) is 6.07 Å². The van der Waals surface area contributed by atoms with Gasteiger partial charge in [-0.05, 0) is 35.4 Å². The number of hydrogen-bond donors (Lipinski definition) is 2. The molecule has 130 valence electrons. The van der Waals surface area contributed by atoms with Crippen molar-refractivity contribution in [1.29, 1.82) is 0 Å². The van der Waals surface area contributed by atoms with E-state index >= 15 is 0 Å². The van der Waals surface area contributed by atoms with Crippen LogP contribution in [0.15, 0.2) is 36.4 Å². The standard InChI is InChI=1S/C19H18O6/c20-14-3-1-10(5-15(14)21)18-12-7-23-19(13(12)8-22-18)11-2-4-16-17(6-11)25-9-24-16/h1-6,12-13,18-21H,7-9H2/t12-,13-,18?,19+/m0/s1. The molecule has 6 nitrogen and oxygen atoms in total. The van der Waals surface area contributed by atoms with Gasteiger partial charge in [0.15, 0.2) is 23.0 Å². The Hall–Kier alpha value is -2.44. The first-order valence-electron chi connectivity index (χ1n) is 8.35. The van der Waals surface area contributed by atoms with Gasteiger partial charge in [0.25, 0.3) is 0 Å². The van der Waals surface area contributed by atoms with Crippen molar-refractivity contribution in [2.24, 2.45) is 11.8 Å². The van der Waals surface area contributed by atoms with Crippen molar-refractivity contribution in [2.45, 2.75) is 12.2 Å². The molecule has 4 atom stereocenters. The molecule has 0 aliphatic carbocycles. The molecular formula is C19H18O6. The number of phenolic OH excluding ortho intramolecular Hbond substituents is 2. The van der Waals surface area contributed by atoms with Crippen LogP contribution in [-0.4, -0.2) is 30.2 Å². The normalized spacial score (nSPS) is 29.8. The van der Waals surface area contributed by atoms with E-state index in [4.69, 9.17) is 18.9 Å². The monoisotopic (exact) mass is 342 g/mol. The summed E-state index contributed by atoms with van der Waals surface area (Å²) in [5.41, 5.74) is 1.92. The molecule has 2 fully saturated rings. The number of rotatable bonds is 2. The van der Waals surface area contributed by atoms with Crippen molar-refractivity contribution in [3.8, 4) is 23.0 Å². The maximum absolute atomic E-state index is 9.76. The van der Waals surface area contributed by atoms with Crippen LogP contribution in [0.1, 0.15) is 23.3 Å². The third-order valence-corrected chi connectivity index (χ3v) is 5.32. The van der Waals surface area contributed by atoms with Crippen molar-refractivity contribution >= 4 is 0 Å². The number of phenols is 2. The molecule has 25 heavy (non-hydrogen) atoms. The first-order chi connectivity index (χ1) is 12.2. The van der Waals surface area contributed by atoms with Crippen LogP contribution >= 0.6 is 0 Å². The molecule has 2 aromatic rings. The number of ether oxygens (including phenoxy) is 4. The molecule has 3 heterocycles. The molecule has 5 rings (SSSR count). The summed E-state index contributed by atoms with van der Waals surface area (Å²) >= 11 is 0. The lowest BCUT2D eigenvalue weighted by Gasteiger charge is -2.17. The van der Waals surface area contributed by atoms with Crippen molar-refractivity contribution in [2.75, 3.05) is 20.0 Å². The van der Waals surface area contributed by atoms with Gasteiger partial charge < -0.3 is 29.2 Å². The van der Waals surface area contributed by atoms with Gasteiger partial charge in [0.05, 0.1) is 25.4 Å². The molecule has 0 bridgehead atoms. The molecule has 3 aliphatic heterocycles. The second-order valence-electron chi connectivity index (χ2n) is 6.70. The van der Waals surface area contributed by atoms with E-state index < -0.39 is 0 Å². The third kappa shape index (κ3) is 2.33. The smallest absolute Gasteiger partial charge is 0.231 e. The van der Waals surface area contributed by atoms with Crippen molar-refractivity contribution in [3.05, 3.63) is 47.5 Å². The fraction of sp³-hybridized carbons (Fsp3) is 0.368. The summed E-state index contributed by atoms with van der Waals surface area (Å²) < 4.78 is 22.9. The number of fused-ring (bicyclic) bond motifs is 2. The molecule has 2 N–H and O–H groups in total. The highest BCUT2D eigenvalue weighted by molar-refractivity contribution is 5.46. The van der Waals surface area contributed by atoms with Crippen LogP contribution in [0.5, 0.6) is 23.0 Å². The summed E-state index contributed by atoms with van der Waals surface area (Å²) in [5.74, 6) is 1.71. The minimum absolute atomic E-state index is 0.0461. The Morgan fingerprint density at radius 2 is 1.36 bits per heavy atom. The average molecular weight is 342 g/mol. The molecule has 2 saturated heterocycles. The second-order valence-corrected chi connectivity index (χ2v) is 6.70. The lowest BCUT2D eigenvalue weighted by Crippen LogP contribution is -2.14. The summed E-state index contributed by atoms with van der Waals surface area (Å²) in [7, 11) is 0. The summed E-state index contributed by atoms with van der Waals surface area (Å²) in [6, 6.07) is 10.8. The Labute approximate surface area is 144 Å². The summed E-state index contributed by atoms with van der Waals surface area (Å²) in [6.07, 6.45) is -0.189. The summed E-state index contributed by atoms with van der Waals surface area (Å²) in [4.78, 5) is 0. The van der Waals surface area contributed by atoms with Gasteiger partial charge in [-0.25, -0.2) is 0 Å². The van der Waals surface area contributed by atoms with Crippen molar-refractivity contribution < 1.29 is 29.2 Å². The topological polar surface area (TPSA) is 77.4 Å². The summed E-state index contributed by atoms with van der Waals surface area (Å²) in [6.45, 7) is 1.44. The van der Waals surface area contributed by atoms with Gasteiger partial charge in [-0.3, -0.25) is 0 Å². The molecule has 2 aromatic carbocycles. The molecular weight excluding hydrogens is 324 g/mol. The minimum atomic E-state index is -0.143. The molecule has 3 aliphatic rings. The second kappa shape index (κ2) is 5.54. The fourth-order valence-corrected chi connectivity index (χ4v) is 4.04. The van der Waals surface area contributed by atoms with Gasteiger partial charge in [0, 0.05) is 11.8 Å². The maximum Gasteiger partial charge on any atom is 0.231 e. The fourth-order valence-electron chi connectivity index (χ4n) is 4.04. The van der Waals surface area contributed by atoms with Crippen LogP contribution in [0, 0.1) is 11.8 Å². The van der Waals surface area contributed by atoms with E-state index in [0.717, 1.165) is 22.6 Å². The van der Waals surface area contributed by atoms with Crippen LogP contribution in [0.2, 0.25) is 0 Å². The van der Waals surface area contributed by atoms with E-state index in [-0.39, 0.29) is 42.3 Å². The zero-order valence-corrected chi connectivity index (χ0v) is 13.4. The van der Waals surface area contributed by atoms with E-state index in [2.05, 4.69) is 0 Å². The molecule has 0 aromatic heterocycles. The predicted molar refractivity (Wildman–Crippen MR) is 86.7 cm³/mol. The van der Waals surface area contributed by atoms with Gasteiger partial charge in [-0.15, -0.1) is 0 Å². The molecule has 0 radical (unpaired) electrons. The highest BCUT2D eigenvalue weighted by Crippen LogP contribution is 2.51. The Balaban J connectivity index is 1.40. The summed E-state index contributed by atoms with van der Waals surface area (Å²) in [5, 5.41) is 19.3. The lowest BCUT2D eigenvalue weighted by atomic mass is 9.85. The van der Waals surface area contributed by atoms with E-state index in [9.17, 15) is 10.2 Å². The number of hydrogen-bond acceptors (Lipinski definition) is 6. The lowest BCUT2D eigenvalue weighted by molar-refractivity contribution is 0.0191. The van der Waals surface area contributed by atoms with Gasteiger partial charge >= 0.3 is 0 Å². The molecule has 0 saturated carbocycles. The van der Waals surface area contributed by atoms with E-state index in [0.29, 0.717) is 13.2 Å². The van der Waals surface area contributed by atoms with Gasteiger partial charge in [-0.2, -0.15) is 0 Å². The van der Waals surface area contributed by atoms with Crippen LogP contribution in [0.25, 0.3) is 0 Å². The number of benzene rings is 2. The van der Waals surface area contributed by atoms with E-state index in [1.807, 2.05) is 18.2 Å². The quantitative estimate of drug-likeness (QED) is 0.817. The van der Waals surface area contributed by atoms with Crippen LogP contribution in [0.3, 0.4) is 0 Å². The largest absolute Gasteiger partial charge is 0.504 e. The van der Waals surface area contributed by atoms with Crippen LogP contribution in [0.4, 0.5) is 0 Å². The Bertz CT molecular complexity index is 820. The minimum Gasteiger partial charge on any atom is -0.504 e. The Morgan fingerprint density at radius 3 is 2.08 bits per heavy atom. The molecule has 1 unspecified atom stereocenters. The Morgan fingerprint density at radius 1 is 0.720 bits per heavy atom. The first kappa shape index (κ1) is 14.9. The van der Waals surface area contributed by atoms with Gasteiger partial charge in [0.2, 0.25) is 6.79 Å². The zero-order chi connectivity index (χ0) is 17.0. The molecule has 0 amide bonds. The number of aromatic hydroxyl groups is 2. The molecule has 6 heteroatoms.